The number of anilines is 2. The van der Waals surface area contributed by atoms with Crippen LogP contribution in [0.2, 0.25) is 0 Å². The summed E-state index contributed by atoms with van der Waals surface area (Å²) in [6.07, 6.45) is 3.64. The monoisotopic (exact) mass is 382 g/mol. The third-order valence-corrected chi connectivity index (χ3v) is 4.70. The number of piperazine rings is 1. The van der Waals surface area contributed by atoms with E-state index < -0.39 is 0 Å². The average Bonchev–Trinajstić information content (AvgIpc) is 2.75. The Morgan fingerprint density at radius 3 is 2.54 bits per heavy atom. The number of guanidine groups is 1. The molecule has 1 aromatic carbocycles. The minimum absolute atomic E-state index is 0.201. The zero-order valence-electron chi connectivity index (χ0n) is 16.2. The van der Waals surface area contributed by atoms with Crippen molar-refractivity contribution in [2.75, 3.05) is 49.6 Å². The molecule has 0 radical (unpaired) electrons. The summed E-state index contributed by atoms with van der Waals surface area (Å²) in [6, 6.07) is 10.8. The van der Waals surface area contributed by atoms with E-state index in [1.165, 1.54) is 12.1 Å². The molecule has 0 atom stereocenters. The summed E-state index contributed by atoms with van der Waals surface area (Å²) < 4.78 is 13.1. The maximum absolute atomic E-state index is 13.1. The number of aliphatic imine (C=N–C) groups is 1. The first kappa shape index (κ1) is 19.7. The predicted molar refractivity (Wildman–Crippen MR) is 113 cm³/mol. The fourth-order valence-electron chi connectivity index (χ4n) is 3.16. The van der Waals surface area contributed by atoms with Crippen LogP contribution >= 0.6 is 0 Å². The highest BCUT2D eigenvalue weighted by Gasteiger charge is 2.18. The fraction of sp³-hybridized carbons (Fsp3) is 0.333. The zero-order chi connectivity index (χ0) is 19.8. The van der Waals surface area contributed by atoms with Crippen LogP contribution in [0.5, 0.6) is 0 Å². The van der Waals surface area contributed by atoms with Crippen LogP contribution in [0.15, 0.2) is 60.2 Å². The van der Waals surface area contributed by atoms with Crippen molar-refractivity contribution in [3.05, 3.63) is 66.6 Å². The molecule has 0 spiro atoms. The molecule has 1 aromatic heterocycles. The molecular formula is C21H27FN6. The van der Waals surface area contributed by atoms with E-state index in [4.69, 9.17) is 0 Å². The van der Waals surface area contributed by atoms with Gasteiger partial charge >= 0.3 is 0 Å². The lowest BCUT2D eigenvalue weighted by Crippen LogP contribution is -2.46. The lowest BCUT2D eigenvalue weighted by atomic mass is 10.2. The topological polar surface area (TPSA) is 55.8 Å². The van der Waals surface area contributed by atoms with Crippen molar-refractivity contribution in [2.24, 2.45) is 4.99 Å². The first-order valence-corrected chi connectivity index (χ1v) is 9.45. The number of benzene rings is 1. The van der Waals surface area contributed by atoms with Gasteiger partial charge < -0.3 is 20.4 Å². The predicted octanol–water partition coefficient (Wildman–Crippen LogP) is 2.40. The summed E-state index contributed by atoms with van der Waals surface area (Å²) in [6.45, 7) is 8.56. The standard InChI is InChI=1S/C21H27FN6/c1-3-9-25-21(23-2)26-16-17-8-10-24-20(15-17)28-13-11-27(12-14-28)19-6-4-18(22)5-7-19/h3-8,10,15H,1,9,11-14,16H2,2H3,(H2,23,25,26). The van der Waals surface area contributed by atoms with Crippen LogP contribution in [0.1, 0.15) is 5.56 Å². The molecule has 1 aliphatic heterocycles. The molecule has 0 saturated carbocycles. The number of rotatable bonds is 6. The van der Waals surface area contributed by atoms with Crippen molar-refractivity contribution >= 4 is 17.5 Å². The number of nitrogens with one attached hydrogen (secondary N) is 2. The zero-order valence-corrected chi connectivity index (χ0v) is 16.2. The van der Waals surface area contributed by atoms with E-state index in [0.717, 1.165) is 49.2 Å². The van der Waals surface area contributed by atoms with Gasteiger partial charge in [0.2, 0.25) is 0 Å². The molecule has 2 heterocycles. The normalized spacial score (nSPS) is 14.7. The highest BCUT2D eigenvalue weighted by molar-refractivity contribution is 5.79. The summed E-state index contributed by atoms with van der Waals surface area (Å²) in [4.78, 5) is 13.3. The summed E-state index contributed by atoms with van der Waals surface area (Å²) >= 11 is 0. The number of hydrogen-bond acceptors (Lipinski definition) is 4. The van der Waals surface area contributed by atoms with E-state index in [1.54, 1.807) is 13.1 Å². The van der Waals surface area contributed by atoms with Crippen LogP contribution in [0.3, 0.4) is 0 Å². The third kappa shape index (κ3) is 5.22. The van der Waals surface area contributed by atoms with Crippen molar-refractivity contribution in [3.8, 4) is 0 Å². The maximum Gasteiger partial charge on any atom is 0.191 e. The van der Waals surface area contributed by atoms with Gasteiger partial charge in [0.1, 0.15) is 11.6 Å². The molecule has 2 N–H and O–H groups in total. The second kappa shape index (κ2) is 9.73. The number of aromatic nitrogens is 1. The average molecular weight is 382 g/mol. The Bertz CT molecular complexity index is 797. The summed E-state index contributed by atoms with van der Waals surface area (Å²) in [7, 11) is 1.75. The van der Waals surface area contributed by atoms with Crippen LogP contribution in [-0.4, -0.2) is 50.7 Å². The molecule has 1 fully saturated rings. The third-order valence-electron chi connectivity index (χ3n) is 4.70. The van der Waals surface area contributed by atoms with Gasteiger partial charge in [0.15, 0.2) is 5.96 Å². The van der Waals surface area contributed by atoms with Crippen LogP contribution in [-0.2, 0) is 6.54 Å². The Balaban J connectivity index is 1.55. The summed E-state index contributed by atoms with van der Waals surface area (Å²) in [5.74, 6) is 1.52. The highest BCUT2D eigenvalue weighted by atomic mass is 19.1. The minimum atomic E-state index is -0.201. The van der Waals surface area contributed by atoms with Gasteiger partial charge in [0, 0.05) is 58.2 Å². The van der Waals surface area contributed by atoms with E-state index in [-0.39, 0.29) is 5.82 Å². The van der Waals surface area contributed by atoms with Crippen LogP contribution in [0.25, 0.3) is 0 Å². The molecule has 28 heavy (non-hydrogen) atoms. The summed E-state index contributed by atoms with van der Waals surface area (Å²) in [5, 5.41) is 6.45. The highest BCUT2D eigenvalue weighted by Crippen LogP contribution is 2.20. The van der Waals surface area contributed by atoms with Gasteiger partial charge in [0.05, 0.1) is 0 Å². The van der Waals surface area contributed by atoms with Crippen LogP contribution in [0.4, 0.5) is 15.9 Å². The molecular weight excluding hydrogens is 355 g/mol. The lowest BCUT2D eigenvalue weighted by molar-refractivity contribution is 0.624. The van der Waals surface area contributed by atoms with Gasteiger partial charge in [0.25, 0.3) is 0 Å². The lowest BCUT2D eigenvalue weighted by Gasteiger charge is -2.36. The minimum Gasteiger partial charge on any atom is -0.368 e. The van der Waals surface area contributed by atoms with Crippen LogP contribution < -0.4 is 20.4 Å². The molecule has 6 nitrogen and oxygen atoms in total. The molecule has 1 saturated heterocycles. The smallest absolute Gasteiger partial charge is 0.191 e. The Kier molecular flexibility index (Phi) is 6.84. The molecule has 0 bridgehead atoms. The number of pyridine rings is 1. The van der Waals surface area contributed by atoms with Gasteiger partial charge in [-0.25, -0.2) is 9.37 Å². The molecule has 3 rings (SSSR count). The van der Waals surface area contributed by atoms with Crippen molar-refractivity contribution in [2.45, 2.75) is 6.54 Å². The van der Waals surface area contributed by atoms with E-state index in [9.17, 15) is 4.39 Å². The van der Waals surface area contributed by atoms with Gasteiger partial charge in [-0.3, -0.25) is 4.99 Å². The van der Waals surface area contributed by atoms with E-state index >= 15 is 0 Å². The van der Waals surface area contributed by atoms with E-state index in [0.29, 0.717) is 13.1 Å². The molecule has 0 amide bonds. The maximum atomic E-state index is 13.1. The first-order chi connectivity index (χ1) is 13.7. The number of halogens is 1. The molecule has 148 valence electrons. The van der Waals surface area contributed by atoms with Crippen LogP contribution in [0, 0.1) is 5.82 Å². The quantitative estimate of drug-likeness (QED) is 0.457. The molecule has 1 aliphatic rings. The van der Waals surface area contributed by atoms with Gasteiger partial charge in [-0.15, -0.1) is 6.58 Å². The second-order valence-corrected chi connectivity index (χ2v) is 6.57. The SMILES string of the molecule is C=CCNC(=NC)NCc1ccnc(N2CCN(c3ccc(F)cc3)CC2)c1. The van der Waals surface area contributed by atoms with E-state index in [1.807, 2.05) is 24.4 Å². The second-order valence-electron chi connectivity index (χ2n) is 6.57. The van der Waals surface area contributed by atoms with Crippen molar-refractivity contribution in [3.63, 3.8) is 0 Å². The molecule has 0 aliphatic carbocycles. The van der Waals surface area contributed by atoms with E-state index in [2.05, 4.69) is 43.1 Å². The fourth-order valence-corrected chi connectivity index (χ4v) is 3.16. The number of nitrogens with zero attached hydrogens (tertiary/aromatic N) is 4. The van der Waals surface area contributed by atoms with Gasteiger partial charge in [-0.1, -0.05) is 6.08 Å². The molecule has 2 aromatic rings. The first-order valence-electron chi connectivity index (χ1n) is 9.45. The van der Waals surface area contributed by atoms with Gasteiger partial charge in [-0.2, -0.15) is 0 Å². The Morgan fingerprint density at radius 2 is 1.86 bits per heavy atom. The number of hydrogen-bond donors (Lipinski definition) is 2. The summed E-state index contributed by atoms with van der Waals surface area (Å²) in [5.41, 5.74) is 2.21. The largest absolute Gasteiger partial charge is 0.368 e. The van der Waals surface area contributed by atoms with Gasteiger partial charge in [-0.05, 0) is 42.0 Å². The van der Waals surface area contributed by atoms with Crippen molar-refractivity contribution < 1.29 is 4.39 Å². The Morgan fingerprint density at radius 1 is 1.14 bits per heavy atom. The Hall–Kier alpha value is -3.09. The molecule has 7 heteroatoms. The van der Waals surface area contributed by atoms with Crippen molar-refractivity contribution in [1.29, 1.82) is 0 Å². The van der Waals surface area contributed by atoms with Crippen molar-refractivity contribution in [1.82, 2.24) is 15.6 Å². The Labute approximate surface area is 165 Å². The molecule has 0 unspecified atom stereocenters.